The van der Waals surface area contributed by atoms with Gasteiger partial charge in [-0.1, -0.05) is 12.1 Å². The van der Waals surface area contributed by atoms with Crippen LogP contribution in [0.2, 0.25) is 0 Å². The Balaban J connectivity index is 2.12. The number of rotatable bonds is 7. The number of carbonyl (C=O) groups is 2. The van der Waals surface area contributed by atoms with Gasteiger partial charge in [-0.05, 0) is 42.8 Å². The van der Waals surface area contributed by atoms with Crippen LogP contribution in [0.5, 0.6) is 0 Å². The summed E-state index contributed by atoms with van der Waals surface area (Å²) >= 11 is 0. The first kappa shape index (κ1) is 21.4. The zero-order valence-corrected chi connectivity index (χ0v) is 16.6. The smallest absolute Gasteiger partial charge is 0.411 e. The van der Waals surface area contributed by atoms with Gasteiger partial charge in [0.2, 0.25) is 0 Å². The molecule has 0 aliphatic carbocycles. The van der Waals surface area contributed by atoms with Gasteiger partial charge in [0.05, 0.1) is 11.5 Å². The highest BCUT2D eigenvalue weighted by Gasteiger charge is 2.15. The fourth-order valence-corrected chi connectivity index (χ4v) is 2.97. The number of sulfone groups is 1. The van der Waals surface area contributed by atoms with E-state index >= 15 is 0 Å². The van der Waals surface area contributed by atoms with Gasteiger partial charge in [-0.15, -0.1) is 0 Å². The summed E-state index contributed by atoms with van der Waals surface area (Å²) < 4.78 is 33.2. The van der Waals surface area contributed by atoms with Crippen molar-refractivity contribution in [1.82, 2.24) is 0 Å². The SMILES string of the molecule is COCCOC(=O)Nc1cccc(NC(=O)c2cc(S(C)(=O)=O)ccc2C)c1. The van der Waals surface area contributed by atoms with Crippen LogP contribution in [0, 0.1) is 6.92 Å². The normalized spacial score (nSPS) is 11.0. The molecule has 2 rings (SSSR count). The van der Waals surface area contributed by atoms with Crippen LogP contribution in [0.25, 0.3) is 0 Å². The van der Waals surface area contributed by atoms with E-state index in [-0.39, 0.29) is 23.7 Å². The number of carbonyl (C=O) groups excluding carboxylic acids is 2. The van der Waals surface area contributed by atoms with Crippen molar-refractivity contribution >= 4 is 33.2 Å². The molecular formula is C19H22N2O6S. The van der Waals surface area contributed by atoms with Crippen molar-refractivity contribution in [2.24, 2.45) is 0 Å². The Morgan fingerprint density at radius 1 is 1.00 bits per heavy atom. The Morgan fingerprint density at radius 3 is 2.32 bits per heavy atom. The van der Waals surface area contributed by atoms with Crippen LogP contribution >= 0.6 is 0 Å². The van der Waals surface area contributed by atoms with Crippen LogP contribution in [0.15, 0.2) is 47.4 Å². The minimum atomic E-state index is -3.43. The Bertz CT molecular complexity index is 972. The van der Waals surface area contributed by atoms with Crippen molar-refractivity contribution in [3.05, 3.63) is 53.6 Å². The Hall–Kier alpha value is -2.91. The fourth-order valence-electron chi connectivity index (χ4n) is 2.32. The molecule has 8 nitrogen and oxygen atoms in total. The number of methoxy groups -OCH3 is 1. The van der Waals surface area contributed by atoms with E-state index in [4.69, 9.17) is 9.47 Å². The van der Waals surface area contributed by atoms with E-state index in [0.717, 1.165) is 6.26 Å². The van der Waals surface area contributed by atoms with E-state index in [2.05, 4.69) is 10.6 Å². The summed E-state index contributed by atoms with van der Waals surface area (Å²) in [4.78, 5) is 24.3. The van der Waals surface area contributed by atoms with Crippen LogP contribution in [0.4, 0.5) is 16.2 Å². The van der Waals surface area contributed by atoms with Gasteiger partial charge in [0.1, 0.15) is 6.61 Å². The largest absolute Gasteiger partial charge is 0.447 e. The molecule has 0 radical (unpaired) electrons. The average molecular weight is 406 g/mol. The standard InChI is InChI=1S/C19H22N2O6S/c1-13-7-8-16(28(3,24)25)12-17(13)18(22)20-14-5-4-6-15(11-14)21-19(23)27-10-9-26-2/h4-8,11-12H,9-10H2,1-3H3,(H,20,22)(H,21,23). The summed E-state index contributed by atoms with van der Waals surface area (Å²) in [5.74, 6) is -0.456. The summed E-state index contributed by atoms with van der Waals surface area (Å²) in [6, 6.07) is 10.9. The number of hydrogen-bond acceptors (Lipinski definition) is 6. The van der Waals surface area contributed by atoms with Crippen molar-refractivity contribution < 1.29 is 27.5 Å². The van der Waals surface area contributed by atoms with Crippen molar-refractivity contribution in [3.8, 4) is 0 Å². The lowest BCUT2D eigenvalue weighted by Crippen LogP contribution is -2.17. The maximum Gasteiger partial charge on any atom is 0.411 e. The molecule has 0 aliphatic heterocycles. The molecule has 2 amide bonds. The van der Waals surface area contributed by atoms with Crippen LogP contribution < -0.4 is 10.6 Å². The molecule has 0 saturated carbocycles. The van der Waals surface area contributed by atoms with E-state index in [1.54, 1.807) is 37.3 Å². The predicted molar refractivity (Wildman–Crippen MR) is 106 cm³/mol. The summed E-state index contributed by atoms with van der Waals surface area (Å²) in [7, 11) is -1.93. The lowest BCUT2D eigenvalue weighted by molar-refractivity contribution is 0.102. The second-order valence-electron chi connectivity index (χ2n) is 6.04. The number of nitrogens with one attached hydrogen (secondary N) is 2. The third-order valence-corrected chi connectivity index (χ3v) is 4.88. The second kappa shape index (κ2) is 9.34. The van der Waals surface area contributed by atoms with Crippen LogP contribution in [-0.2, 0) is 19.3 Å². The van der Waals surface area contributed by atoms with Gasteiger partial charge in [-0.2, -0.15) is 0 Å². The van der Waals surface area contributed by atoms with Crippen molar-refractivity contribution in [3.63, 3.8) is 0 Å². The van der Waals surface area contributed by atoms with E-state index in [9.17, 15) is 18.0 Å². The third kappa shape index (κ3) is 6.07. The molecule has 28 heavy (non-hydrogen) atoms. The van der Waals surface area contributed by atoms with Crippen molar-refractivity contribution in [2.75, 3.05) is 37.2 Å². The van der Waals surface area contributed by atoms with E-state index in [1.807, 2.05) is 0 Å². The van der Waals surface area contributed by atoms with Crippen molar-refractivity contribution in [2.45, 2.75) is 11.8 Å². The maximum atomic E-state index is 12.6. The molecule has 0 bridgehead atoms. The summed E-state index contributed by atoms with van der Waals surface area (Å²) in [6.07, 6.45) is 0.442. The molecule has 2 N–H and O–H groups in total. The molecule has 2 aromatic rings. The van der Waals surface area contributed by atoms with E-state index in [0.29, 0.717) is 16.9 Å². The highest BCUT2D eigenvalue weighted by molar-refractivity contribution is 7.90. The molecule has 0 saturated heterocycles. The number of anilines is 2. The number of aryl methyl sites for hydroxylation is 1. The molecule has 0 heterocycles. The number of amides is 2. The molecule has 0 spiro atoms. The zero-order valence-electron chi connectivity index (χ0n) is 15.8. The van der Waals surface area contributed by atoms with Gasteiger partial charge >= 0.3 is 6.09 Å². The second-order valence-corrected chi connectivity index (χ2v) is 8.05. The van der Waals surface area contributed by atoms with Crippen LogP contribution in [0.3, 0.4) is 0 Å². The summed E-state index contributed by atoms with van der Waals surface area (Å²) in [5.41, 5.74) is 1.76. The predicted octanol–water partition coefficient (Wildman–Crippen LogP) is 2.85. The van der Waals surface area contributed by atoms with Gasteiger partial charge in [-0.25, -0.2) is 13.2 Å². The van der Waals surface area contributed by atoms with E-state index in [1.165, 1.54) is 19.2 Å². The first-order chi connectivity index (χ1) is 13.2. The highest BCUT2D eigenvalue weighted by Crippen LogP contribution is 2.19. The summed E-state index contributed by atoms with van der Waals surface area (Å²) in [6.45, 7) is 2.12. The van der Waals surface area contributed by atoms with Gasteiger partial charge in [0, 0.05) is 30.3 Å². The maximum absolute atomic E-state index is 12.6. The Kier molecular flexibility index (Phi) is 7.13. The monoisotopic (exact) mass is 406 g/mol. The molecule has 0 aliphatic rings. The number of benzene rings is 2. The van der Waals surface area contributed by atoms with Crippen LogP contribution in [0.1, 0.15) is 15.9 Å². The minimum absolute atomic E-state index is 0.0671. The fraction of sp³-hybridized carbons (Fsp3) is 0.263. The first-order valence-corrected chi connectivity index (χ1v) is 10.2. The number of ether oxygens (including phenoxy) is 2. The molecular weight excluding hydrogens is 384 g/mol. The van der Waals surface area contributed by atoms with Gasteiger partial charge in [-0.3, -0.25) is 10.1 Å². The minimum Gasteiger partial charge on any atom is -0.447 e. The molecule has 0 atom stereocenters. The highest BCUT2D eigenvalue weighted by atomic mass is 32.2. The molecule has 0 fully saturated rings. The molecule has 0 aromatic heterocycles. The summed E-state index contributed by atoms with van der Waals surface area (Å²) in [5, 5.41) is 5.25. The van der Waals surface area contributed by atoms with Gasteiger partial charge < -0.3 is 14.8 Å². The van der Waals surface area contributed by atoms with Crippen LogP contribution in [-0.4, -0.2) is 47.0 Å². The number of hydrogen-bond donors (Lipinski definition) is 2. The topological polar surface area (TPSA) is 111 Å². The molecule has 150 valence electrons. The lowest BCUT2D eigenvalue weighted by Gasteiger charge is -2.11. The Morgan fingerprint density at radius 2 is 1.68 bits per heavy atom. The van der Waals surface area contributed by atoms with Gasteiger partial charge in [0.25, 0.3) is 5.91 Å². The third-order valence-electron chi connectivity index (χ3n) is 3.77. The Labute approximate surface area is 163 Å². The first-order valence-electron chi connectivity index (χ1n) is 8.35. The quantitative estimate of drug-likeness (QED) is 0.684. The van der Waals surface area contributed by atoms with Crippen molar-refractivity contribution in [1.29, 1.82) is 0 Å². The average Bonchev–Trinajstić information content (AvgIpc) is 2.61. The molecule has 9 heteroatoms. The van der Waals surface area contributed by atoms with E-state index < -0.39 is 21.8 Å². The van der Waals surface area contributed by atoms with Gasteiger partial charge in [0.15, 0.2) is 9.84 Å². The lowest BCUT2D eigenvalue weighted by atomic mass is 10.1. The molecule has 0 unspecified atom stereocenters. The molecule has 2 aromatic carbocycles. The zero-order chi connectivity index (χ0) is 20.7.